The zero-order valence-corrected chi connectivity index (χ0v) is 14.5. The summed E-state index contributed by atoms with van der Waals surface area (Å²) < 4.78 is 108. The first-order valence-corrected chi connectivity index (χ1v) is 9.26. The lowest BCUT2D eigenvalue weighted by Crippen LogP contribution is -2.19. The number of hydrogen-bond acceptors (Lipinski definition) is 5. The fourth-order valence-electron chi connectivity index (χ4n) is 2.21. The van der Waals surface area contributed by atoms with Crippen molar-refractivity contribution in [2.75, 3.05) is 4.72 Å². The number of rotatable bonds is 3. The van der Waals surface area contributed by atoms with Crippen molar-refractivity contribution in [1.82, 2.24) is 9.03 Å². The highest BCUT2D eigenvalue weighted by molar-refractivity contribution is 7.97. The van der Waals surface area contributed by atoms with Crippen LogP contribution in [0.3, 0.4) is 0 Å². The molecule has 0 bridgehead atoms. The number of fused-ring (bicyclic) bond motifs is 1. The third kappa shape index (κ3) is 4.18. The average molecular weight is 429 g/mol. The first-order chi connectivity index (χ1) is 12.4. The molecule has 0 saturated carbocycles. The fourth-order valence-corrected chi connectivity index (χ4v) is 3.89. The van der Waals surface area contributed by atoms with Crippen LogP contribution in [-0.4, -0.2) is 12.7 Å². The van der Waals surface area contributed by atoms with Gasteiger partial charge in [-0.05, 0) is 30.4 Å². The second kappa shape index (κ2) is 6.41. The third-order valence-electron chi connectivity index (χ3n) is 3.43. The highest BCUT2D eigenvalue weighted by Crippen LogP contribution is 2.38. The van der Waals surface area contributed by atoms with Gasteiger partial charge in [0.15, 0.2) is 0 Å². The van der Waals surface area contributed by atoms with Gasteiger partial charge in [-0.2, -0.15) is 26.3 Å². The Balaban J connectivity index is 1.98. The van der Waals surface area contributed by atoms with E-state index in [2.05, 4.69) is 4.72 Å². The first-order valence-electron chi connectivity index (χ1n) is 7.00. The minimum absolute atomic E-state index is 0.0817. The molecule has 27 heavy (non-hydrogen) atoms. The van der Waals surface area contributed by atoms with Gasteiger partial charge in [-0.25, -0.2) is 8.42 Å². The summed E-state index contributed by atoms with van der Waals surface area (Å²) in [7, 11) is -4.41. The molecule has 5 nitrogen and oxygen atoms in total. The van der Waals surface area contributed by atoms with Gasteiger partial charge in [0.05, 0.1) is 39.6 Å². The number of sulfonamides is 1. The molecule has 146 valence electrons. The van der Waals surface area contributed by atoms with E-state index in [1.807, 2.05) is 0 Å². The van der Waals surface area contributed by atoms with Crippen molar-refractivity contribution in [2.24, 2.45) is 0 Å². The van der Waals surface area contributed by atoms with Gasteiger partial charge in [-0.1, -0.05) is 0 Å². The Morgan fingerprint density at radius 1 is 1.00 bits per heavy atom. The van der Waals surface area contributed by atoms with Gasteiger partial charge in [0, 0.05) is 12.4 Å². The Labute approximate surface area is 153 Å². The number of nitrogens with one attached hydrogen (secondary N) is 2. The van der Waals surface area contributed by atoms with Gasteiger partial charge in [-0.3, -0.25) is 9.03 Å². The van der Waals surface area contributed by atoms with Gasteiger partial charge in [0.2, 0.25) is 0 Å². The molecule has 13 heteroatoms. The summed E-state index contributed by atoms with van der Waals surface area (Å²) in [6.07, 6.45) is -4.91. The van der Waals surface area contributed by atoms with Crippen LogP contribution < -0.4 is 9.44 Å². The minimum Gasteiger partial charge on any atom is -0.316 e. The van der Waals surface area contributed by atoms with Crippen LogP contribution in [0.2, 0.25) is 0 Å². The van der Waals surface area contributed by atoms with Crippen LogP contribution in [0.1, 0.15) is 11.1 Å². The molecule has 0 fully saturated rings. The van der Waals surface area contributed by atoms with Crippen molar-refractivity contribution >= 4 is 27.8 Å². The lowest BCUT2D eigenvalue weighted by Gasteiger charge is -2.19. The molecule has 0 amide bonds. The lowest BCUT2D eigenvalue weighted by molar-refractivity contribution is -0.143. The molecule has 1 aromatic carbocycles. The summed E-state index contributed by atoms with van der Waals surface area (Å²) >= 11 is 1.15. The normalized spacial score (nSPS) is 17.2. The molecule has 0 atom stereocenters. The van der Waals surface area contributed by atoms with E-state index >= 15 is 0 Å². The van der Waals surface area contributed by atoms with Gasteiger partial charge in [-0.15, -0.1) is 0 Å². The fraction of sp³-hybridized carbons (Fsp3) is 0.143. The Hall–Kier alpha value is -2.28. The quantitative estimate of drug-likeness (QED) is 0.558. The molecule has 1 aromatic rings. The third-order valence-corrected chi connectivity index (χ3v) is 5.56. The maximum absolute atomic E-state index is 12.9. The monoisotopic (exact) mass is 429 g/mol. The summed E-state index contributed by atoms with van der Waals surface area (Å²) in [5.41, 5.74) is -3.63. The summed E-state index contributed by atoms with van der Waals surface area (Å²) in [6, 6.07) is 0.526. The van der Waals surface area contributed by atoms with Gasteiger partial charge in [0.1, 0.15) is 0 Å². The molecule has 0 aliphatic carbocycles. The van der Waals surface area contributed by atoms with Crippen LogP contribution in [0.15, 0.2) is 53.4 Å². The zero-order valence-electron chi connectivity index (χ0n) is 12.9. The van der Waals surface area contributed by atoms with Crippen LogP contribution >= 0.6 is 12.1 Å². The molecular weight excluding hydrogens is 420 g/mol. The number of halogens is 6. The van der Waals surface area contributed by atoms with Crippen LogP contribution in [-0.2, 0) is 22.4 Å². The number of anilines is 1. The largest absolute Gasteiger partial charge is 0.416 e. The van der Waals surface area contributed by atoms with E-state index in [0.717, 1.165) is 18.2 Å². The SMILES string of the molecule is O=S(=O)(Nc1cc(C(F)(F)F)cc(C(F)(F)F)c1)C1=CC2=CNSN2C=C1. The topological polar surface area (TPSA) is 61.4 Å². The standard InChI is InChI=1S/C14H9F6N3O2S2/c15-13(16,17)8-3-9(14(18,19)20)5-10(4-8)22-27(24,25)12-1-2-23-11(6-12)7-21-26-23/h1-7,21-22H. The van der Waals surface area contributed by atoms with Crippen molar-refractivity contribution < 1.29 is 34.8 Å². The molecular formula is C14H9F6N3O2S2. The number of allylic oxidation sites excluding steroid dienone is 2. The predicted octanol–water partition coefficient (Wildman–Crippen LogP) is 4.19. The Morgan fingerprint density at radius 3 is 2.15 bits per heavy atom. The maximum atomic E-state index is 12.9. The number of alkyl halides is 6. The molecule has 0 aromatic heterocycles. The van der Waals surface area contributed by atoms with E-state index in [0.29, 0.717) is 17.8 Å². The lowest BCUT2D eigenvalue weighted by atomic mass is 10.1. The molecule has 2 aliphatic heterocycles. The summed E-state index contributed by atoms with van der Waals surface area (Å²) in [5.74, 6) is 0. The van der Waals surface area contributed by atoms with E-state index in [1.165, 1.54) is 18.5 Å². The number of benzene rings is 1. The Kier molecular flexibility index (Phi) is 4.62. The summed E-state index contributed by atoms with van der Waals surface area (Å²) in [4.78, 5) is -0.319. The van der Waals surface area contributed by atoms with Gasteiger partial charge >= 0.3 is 12.4 Å². The molecule has 3 rings (SSSR count). The molecule has 0 spiro atoms. The highest BCUT2D eigenvalue weighted by Gasteiger charge is 2.37. The number of nitrogens with zero attached hydrogens (tertiary/aromatic N) is 1. The first kappa shape index (κ1) is 19.5. The molecule has 0 radical (unpaired) electrons. The molecule has 2 N–H and O–H groups in total. The zero-order chi connectivity index (χ0) is 20.0. The van der Waals surface area contributed by atoms with Crippen molar-refractivity contribution in [3.05, 3.63) is 64.5 Å². The highest BCUT2D eigenvalue weighted by atomic mass is 32.2. The minimum atomic E-state index is -5.08. The van der Waals surface area contributed by atoms with Crippen molar-refractivity contribution in [3.8, 4) is 0 Å². The summed E-state index contributed by atoms with van der Waals surface area (Å²) in [6.45, 7) is 0. The van der Waals surface area contributed by atoms with Crippen LogP contribution in [0, 0.1) is 0 Å². The van der Waals surface area contributed by atoms with E-state index in [4.69, 9.17) is 0 Å². The van der Waals surface area contributed by atoms with Crippen molar-refractivity contribution in [1.29, 1.82) is 0 Å². The molecule has 2 aliphatic rings. The molecule has 2 heterocycles. The Bertz CT molecular complexity index is 932. The number of hydrogen-bond donors (Lipinski definition) is 2. The predicted molar refractivity (Wildman–Crippen MR) is 86.9 cm³/mol. The van der Waals surface area contributed by atoms with Crippen LogP contribution in [0.25, 0.3) is 0 Å². The van der Waals surface area contributed by atoms with E-state index < -0.39 is 39.2 Å². The molecule has 0 saturated heterocycles. The van der Waals surface area contributed by atoms with Gasteiger partial charge < -0.3 is 4.72 Å². The van der Waals surface area contributed by atoms with E-state index in [-0.39, 0.29) is 11.0 Å². The smallest absolute Gasteiger partial charge is 0.316 e. The van der Waals surface area contributed by atoms with Gasteiger partial charge in [0.25, 0.3) is 10.0 Å². The second-order valence-electron chi connectivity index (χ2n) is 5.37. The van der Waals surface area contributed by atoms with Crippen molar-refractivity contribution in [3.63, 3.8) is 0 Å². The maximum Gasteiger partial charge on any atom is 0.416 e. The van der Waals surface area contributed by atoms with Crippen molar-refractivity contribution in [2.45, 2.75) is 12.4 Å². The van der Waals surface area contributed by atoms with E-state index in [1.54, 1.807) is 9.03 Å². The molecule has 0 unspecified atom stereocenters. The Morgan fingerprint density at radius 2 is 1.59 bits per heavy atom. The average Bonchev–Trinajstić information content (AvgIpc) is 3.00. The van der Waals surface area contributed by atoms with Crippen LogP contribution in [0.4, 0.5) is 32.0 Å². The second-order valence-corrected chi connectivity index (χ2v) is 7.86. The van der Waals surface area contributed by atoms with Crippen LogP contribution in [0.5, 0.6) is 0 Å². The summed E-state index contributed by atoms with van der Waals surface area (Å²) in [5, 5.41) is 0. The van der Waals surface area contributed by atoms with E-state index in [9.17, 15) is 34.8 Å².